The van der Waals surface area contributed by atoms with E-state index in [-0.39, 0.29) is 11.9 Å². The van der Waals surface area contributed by atoms with Crippen LogP contribution in [0.3, 0.4) is 0 Å². The first-order valence-electron chi connectivity index (χ1n) is 7.18. The van der Waals surface area contributed by atoms with Crippen molar-refractivity contribution in [3.63, 3.8) is 0 Å². The molecule has 0 aliphatic carbocycles. The van der Waals surface area contributed by atoms with Crippen LogP contribution in [-0.2, 0) is 11.3 Å². The predicted octanol–water partition coefficient (Wildman–Crippen LogP) is 5.76. The Hall–Kier alpha value is -0.970. The molecule has 0 saturated carbocycles. The molecule has 3 nitrogen and oxygen atoms in total. The van der Waals surface area contributed by atoms with Crippen LogP contribution in [0.4, 0.5) is 5.69 Å². The van der Waals surface area contributed by atoms with Crippen LogP contribution in [-0.4, -0.2) is 23.9 Å². The van der Waals surface area contributed by atoms with Crippen molar-refractivity contribution >= 4 is 58.0 Å². The minimum atomic E-state index is -0.369. The van der Waals surface area contributed by atoms with Crippen molar-refractivity contribution in [1.29, 1.82) is 0 Å². The van der Waals surface area contributed by atoms with Crippen LogP contribution in [0.25, 0.3) is 0 Å². The predicted molar refractivity (Wildman–Crippen MR) is 102 cm³/mol. The molecular weight excluding hydrogens is 390 g/mol. The van der Waals surface area contributed by atoms with E-state index in [9.17, 15) is 4.79 Å². The van der Waals surface area contributed by atoms with E-state index < -0.39 is 0 Å². The summed E-state index contributed by atoms with van der Waals surface area (Å²) in [4.78, 5) is 14.3. The van der Waals surface area contributed by atoms with Crippen LogP contribution in [0.5, 0.6) is 0 Å². The average Bonchev–Trinajstić information content (AvgIpc) is 2.52. The van der Waals surface area contributed by atoms with Crippen molar-refractivity contribution in [3.05, 3.63) is 62.1 Å². The van der Waals surface area contributed by atoms with Crippen LogP contribution in [0.1, 0.15) is 12.5 Å². The molecule has 24 heavy (non-hydrogen) atoms. The van der Waals surface area contributed by atoms with Gasteiger partial charge in [-0.15, -0.1) is 0 Å². The van der Waals surface area contributed by atoms with Gasteiger partial charge in [0.25, 0.3) is 0 Å². The average molecular weight is 406 g/mol. The number of rotatable bonds is 5. The van der Waals surface area contributed by atoms with Gasteiger partial charge in [-0.2, -0.15) is 0 Å². The molecule has 2 rings (SSSR count). The van der Waals surface area contributed by atoms with Crippen molar-refractivity contribution in [3.8, 4) is 0 Å². The maximum absolute atomic E-state index is 12.4. The van der Waals surface area contributed by atoms with Gasteiger partial charge < -0.3 is 5.32 Å². The van der Waals surface area contributed by atoms with Crippen LogP contribution < -0.4 is 5.32 Å². The summed E-state index contributed by atoms with van der Waals surface area (Å²) in [6.07, 6.45) is 0. The zero-order chi connectivity index (χ0) is 17.9. The van der Waals surface area contributed by atoms with Gasteiger partial charge in [-0.3, -0.25) is 9.69 Å². The molecule has 0 spiro atoms. The molecule has 0 saturated heterocycles. The van der Waals surface area contributed by atoms with Gasteiger partial charge in [-0.1, -0.05) is 52.5 Å². The standard InChI is InChI=1S/C17H16Cl4N2O/c1-10(17(24)22-16-6-4-12(18)8-15(16)21)23(2)9-11-3-5-13(19)14(20)7-11/h3-8,10H,9H2,1-2H3,(H,22,24). The van der Waals surface area contributed by atoms with E-state index in [0.29, 0.717) is 32.3 Å². The van der Waals surface area contributed by atoms with Crippen LogP contribution in [0, 0.1) is 0 Å². The number of hydrogen-bond acceptors (Lipinski definition) is 2. The second kappa shape index (κ2) is 8.41. The first-order valence-corrected chi connectivity index (χ1v) is 8.69. The normalized spacial score (nSPS) is 12.3. The van der Waals surface area contributed by atoms with E-state index >= 15 is 0 Å². The van der Waals surface area contributed by atoms with Crippen molar-refractivity contribution in [2.45, 2.75) is 19.5 Å². The fourth-order valence-electron chi connectivity index (χ4n) is 2.09. The summed E-state index contributed by atoms with van der Waals surface area (Å²) >= 11 is 23.9. The molecule has 2 aromatic carbocycles. The molecule has 128 valence electrons. The first-order chi connectivity index (χ1) is 11.3. The van der Waals surface area contributed by atoms with Crippen molar-refractivity contribution in [1.82, 2.24) is 4.90 Å². The number of amides is 1. The fourth-order valence-corrected chi connectivity index (χ4v) is 2.87. The Labute approximate surface area is 161 Å². The van der Waals surface area contributed by atoms with Crippen molar-refractivity contribution in [2.24, 2.45) is 0 Å². The summed E-state index contributed by atoms with van der Waals surface area (Å²) in [7, 11) is 1.86. The molecule has 0 aliphatic heterocycles. The van der Waals surface area contributed by atoms with Gasteiger partial charge in [0.15, 0.2) is 0 Å². The maximum atomic E-state index is 12.4. The Morgan fingerprint density at radius 1 is 1.04 bits per heavy atom. The lowest BCUT2D eigenvalue weighted by Crippen LogP contribution is -2.39. The summed E-state index contributed by atoms with van der Waals surface area (Å²) in [6.45, 7) is 2.37. The van der Waals surface area contributed by atoms with Crippen molar-refractivity contribution in [2.75, 3.05) is 12.4 Å². The third-order valence-corrected chi connectivity index (χ3v) is 4.93. The number of nitrogens with zero attached hydrogens (tertiary/aromatic N) is 1. The molecule has 1 N–H and O–H groups in total. The summed E-state index contributed by atoms with van der Waals surface area (Å²) in [5.74, 6) is -0.165. The molecule has 0 fully saturated rings. The first kappa shape index (κ1) is 19.4. The van der Waals surface area contributed by atoms with Gasteiger partial charge in [0.05, 0.1) is 26.8 Å². The highest BCUT2D eigenvalue weighted by atomic mass is 35.5. The van der Waals surface area contributed by atoms with Gasteiger partial charge in [-0.05, 0) is 49.9 Å². The molecule has 7 heteroatoms. The minimum Gasteiger partial charge on any atom is -0.323 e. The smallest absolute Gasteiger partial charge is 0.241 e. The van der Waals surface area contributed by atoms with Gasteiger partial charge in [0, 0.05) is 11.6 Å². The molecule has 0 radical (unpaired) electrons. The molecular formula is C17H16Cl4N2O. The maximum Gasteiger partial charge on any atom is 0.241 e. The van der Waals surface area contributed by atoms with E-state index in [1.807, 2.05) is 24.9 Å². The van der Waals surface area contributed by atoms with E-state index in [1.54, 1.807) is 30.3 Å². The molecule has 0 aliphatic rings. The van der Waals surface area contributed by atoms with E-state index in [1.165, 1.54) is 0 Å². The molecule has 1 atom stereocenters. The fraction of sp³-hybridized carbons (Fsp3) is 0.235. The number of carbonyl (C=O) groups is 1. The summed E-state index contributed by atoms with van der Waals surface area (Å²) in [5.41, 5.74) is 1.50. The summed E-state index contributed by atoms with van der Waals surface area (Å²) in [6, 6.07) is 9.98. The molecule has 2 aromatic rings. The minimum absolute atomic E-state index is 0.165. The van der Waals surface area contributed by atoms with Crippen LogP contribution in [0.2, 0.25) is 20.1 Å². The number of nitrogens with one attached hydrogen (secondary N) is 1. The Morgan fingerprint density at radius 2 is 1.75 bits per heavy atom. The van der Waals surface area contributed by atoms with E-state index in [2.05, 4.69) is 5.32 Å². The zero-order valence-electron chi connectivity index (χ0n) is 13.1. The van der Waals surface area contributed by atoms with E-state index in [0.717, 1.165) is 5.56 Å². The van der Waals surface area contributed by atoms with Gasteiger partial charge in [-0.25, -0.2) is 0 Å². The molecule has 1 amide bonds. The highest BCUT2D eigenvalue weighted by Gasteiger charge is 2.19. The lowest BCUT2D eigenvalue weighted by atomic mass is 10.2. The van der Waals surface area contributed by atoms with Gasteiger partial charge >= 0.3 is 0 Å². The number of benzene rings is 2. The van der Waals surface area contributed by atoms with Crippen LogP contribution >= 0.6 is 46.4 Å². The molecule has 0 aromatic heterocycles. The van der Waals surface area contributed by atoms with E-state index in [4.69, 9.17) is 46.4 Å². The summed E-state index contributed by atoms with van der Waals surface area (Å²) in [5, 5.41) is 4.72. The topological polar surface area (TPSA) is 32.3 Å². The second-order valence-electron chi connectivity index (χ2n) is 5.45. The number of halogens is 4. The van der Waals surface area contributed by atoms with Gasteiger partial charge in [0.2, 0.25) is 5.91 Å². The molecule has 0 bridgehead atoms. The monoisotopic (exact) mass is 404 g/mol. The molecule has 1 unspecified atom stereocenters. The lowest BCUT2D eigenvalue weighted by Gasteiger charge is -2.24. The Bertz CT molecular complexity index is 751. The Morgan fingerprint density at radius 3 is 2.38 bits per heavy atom. The number of likely N-dealkylation sites (N-methyl/N-ethyl adjacent to an activating group) is 1. The zero-order valence-corrected chi connectivity index (χ0v) is 16.1. The third kappa shape index (κ3) is 5.01. The molecule has 0 heterocycles. The highest BCUT2D eigenvalue weighted by molar-refractivity contribution is 6.42. The van der Waals surface area contributed by atoms with Crippen LogP contribution in [0.15, 0.2) is 36.4 Å². The van der Waals surface area contributed by atoms with Gasteiger partial charge in [0.1, 0.15) is 0 Å². The highest BCUT2D eigenvalue weighted by Crippen LogP contribution is 2.26. The largest absolute Gasteiger partial charge is 0.323 e. The number of carbonyl (C=O) groups excluding carboxylic acids is 1. The Balaban J connectivity index is 2.02. The summed E-state index contributed by atoms with van der Waals surface area (Å²) < 4.78 is 0. The second-order valence-corrected chi connectivity index (χ2v) is 7.11. The Kier molecular flexibility index (Phi) is 6.79. The number of hydrogen-bond donors (Lipinski definition) is 1. The third-order valence-electron chi connectivity index (χ3n) is 3.65. The SMILES string of the molecule is CC(C(=O)Nc1ccc(Cl)cc1Cl)N(C)Cc1ccc(Cl)c(Cl)c1. The quantitative estimate of drug-likeness (QED) is 0.685. The lowest BCUT2D eigenvalue weighted by molar-refractivity contribution is -0.120. The van der Waals surface area contributed by atoms with Crippen molar-refractivity contribution < 1.29 is 4.79 Å². The number of anilines is 1.